The molecule has 0 spiro atoms. The zero-order chi connectivity index (χ0) is 10.6. The zero-order valence-electron chi connectivity index (χ0n) is 8.36. The van der Waals surface area contributed by atoms with Crippen LogP contribution in [0.1, 0.15) is 6.92 Å². The molecule has 0 radical (unpaired) electrons. The largest absolute Gasteiger partial charge is 0.394 e. The van der Waals surface area contributed by atoms with Crippen molar-refractivity contribution >= 4 is 5.91 Å². The first kappa shape index (κ1) is 11.4. The highest BCUT2D eigenvalue weighted by molar-refractivity contribution is 5.79. The second-order valence-corrected chi connectivity index (χ2v) is 3.78. The molecule has 5 nitrogen and oxygen atoms in total. The second-order valence-electron chi connectivity index (χ2n) is 3.78. The van der Waals surface area contributed by atoms with Gasteiger partial charge in [0.2, 0.25) is 5.91 Å². The van der Waals surface area contributed by atoms with E-state index in [4.69, 9.17) is 10.2 Å². The third-order valence-electron chi connectivity index (χ3n) is 2.72. The van der Waals surface area contributed by atoms with Crippen LogP contribution in [0, 0.1) is 11.8 Å². The lowest BCUT2D eigenvalue weighted by atomic mass is 9.88. The monoisotopic (exact) mass is 202 g/mol. The van der Waals surface area contributed by atoms with Crippen molar-refractivity contribution in [1.82, 2.24) is 10.6 Å². The molecule has 1 heterocycles. The fraction of sp³-hybridized carbons (Fsp3) is 0.889. The van der Waals surface area contributed by atoms with Crippen molar-refractivity contribution in [2.75, 3.05) is 26.3 Å². The molecule has 1 aliphatic heterocycles. The first-order chi connectivity index (χ1) is 6.69. The molecule has 4 N–H and O–H groups in total. The zero-order valence-corrected chi connectivity index (χ0v) is 8.36. The Morgan fingerprint density at radius 1 is 1.50 bits per heavy atom. The maximum Gasteiger partial charge on any atom is 0.223 e. The van der Waals surface area contributed by atoms with E-state index in [1.165, 1.54) is 0 Å². The molecule has 1 rings (SSSR count). The Morgan fingerprint density at radius 3 is 2.43 bits per heavy atom. The minimum Gasteiger partial charge on any atom is -0.394 e. The molecule has 0 aliphatic carbocycles. The Kier molecular flexibility index (Phi) is 4.31. The van der Waals surface area contributed by atoms with Crippen LogP contribution in [-0.4, -0.2) is 48.5 Å². The highest BCUT2D eigenvalue weighted by Gasteiger charge is 2.29. The van der Waals surface area contributed by atoms with Crippen molar-refractivity contribution in [3.05, 3.63) is 0 Å². The van der Waals surface area contributed by atoms with Crippen molar-refractivity contribution in [2.24, 2.45) is 11.8 Å². The Bertz CT molecular complexity index is 190. The number of nitrogens with one attached hydrogen (secondary N) is 2. The maximum absolute atomic E-state index is 11.5. The van der Waals surface area contributed by atoms with Gasteiger partial charge in [-0.05, 0) is 19.0 Å². The minimum absolute atomic E-state index is 0.0585. The summed E-state index contributed by atoms with van der Waals surface area (Å²) < 4.78 is 0. The Hall–Kier alpha value is -0.650. The van der Waals surface area contributed by atoms with E-state index >= 15 is 0 Å². The SMILES string of the molecule is CC(C(=O)NC(CO)CO)C1CNC1. The summed E-state index contributed by atoms with van der Waals surface area (Å²) in [4.78, 5) is 11.5. The number of aliphatic hydroxyl groups is 2. The van der Waals surface area contributed by atoms with Gasteiger partial charge in [-0.25, -0.2) is 0 Å². The van der Waals surface area contributed by atoms with Crippen LogP contribution in [0.5, 0.6) is 0 Å². The van der Waals surface area contributed by atoms with Gasteiger partial charge in [-0.3, -0.25) is 4.79 Å². The van der Waals surface area contributed by atoms with Crippen molar-refractivity contribution < 1.29 is 15.0 Å². The standard InChI is InChI=1S/C9H18N2O3/c1-6(7-2-10-3-7)9(14)11-8(4-12)5-13/h6-8,10,12-13H,2-5H2,1H3,(H,11,14). The highest BCUT2D eigenvalue weighted by atomic mass is 16.3. The molecule has 1 fully saturated rings. The van der Waals surface area contributed by atoms with Crippen LogP contribution in [0.25, 0.3) is 0 Å². The summed E-state index contributed by atoms with van der Waals surface area (Å²) >= 11 is 0. The number of hydrogen-bond donors (Lipinski definition) is 4. The molecule has 5 heteroatoms. The summed E-state index contributed by atoms with van der Waals surface area (Å²) in [5, 5.41) is 23.3. The number of amides is 1. The molecule has 1 atom stereocenters. The Balaban J connectivity index is 2.32. The average Bonchev–Trinajstić information content (AvgIpc) is 2.10. The number of carbonyl (C=O) groups is 1. The van der Waals surface area contributed by atoms with E-state index in [9.17, 15) is 4.79 Å². The van der Waals surface area contributed by atoms with Crippen LogP contribution in [0.15, 0.2) is 0 Å². The lowest BCUT2D eigenvalue weighted by Crippen LogP contribution is -2.52. The van der Waals surface area contributed by atoms with E-state index in [2.05, 4.69) is 10.6 Å². The molecular formula is C9H18N2O3. The molecule has 0 aromatic carbocycles. The van der Waals surface area contributed by atoms with Gasteiger partial charge in [0.05, 0.1) is 19.3 Å². The summed E-state index contributed by atoms with van der Waals surface area (Å²) in [7, 11) is 0. The number of carbonyl (C=O) groups excluding carboxylic acids is 1. The van der Waals surface area contributed by atoms with E-state index in [0.717, 1.165) is 13.1 Å². The molecular weight excluding hydrogens is 184 g/mol. The fourth-order valence-corrected chi connectivity index (χ4v) is 1.36. The van der Waals surface area contributed by atoms with Gasteiger partial charge in [0.15, 0.2) is 0 Å². The van der Waals surface area contributed by atoms with Crippen LogP contribution < -0.4 is 10.6 Å². The van der Waals surface area contributed by atoms with Crippen molar-refractivity contribution in [3.63, 3.8) is 0 Å². The van der Waals surface area contributed by atoms with Gasteiger partial charge >= 0.3 is 0 Å². The van der Waals surface area contributed by atoms with E-state index in [1.807, 2.05) is 6.92 Å². The predicted octanol–water partition coefficient (Wildman–Crippen LogP) is -1.69. The smallest absolute Gasteiger partial charge is 0.223 e. The summed E-state index contributed by atoms with van der Waals surface area (Å²) in [5.74, 6) is 0.231. The fourth-order valence-electron chi connectivity index (χ4n) is 1.36. The van der Waals surface area contributed by atoms with Crippen LogP contribution in [0.2, 0.25) is 0 Å². The van der Waals surface area contributed by atoms with E-state index in [1.54, 1.807) is 0 Å². The van der Waals surface area contributed by atoms with E-state index in [-0.39, 0.29) is 25.0 Å². The summed E-state index contributed by atoms with van der Waals surface area (Å²) in [6.07, 6.45) is 0. The normalized spacial score (nSPS) is 19.1. The van der Waals surface area contributed by atoms with Crippen molar-refractivity contribution in [2.45, 2.75) is 13.0 Å². The molecule has 0 bridgehead atoms. The third-order valence-corrected chi connectivity index (χ3v) is 2.72. The van der Waals surface area contributed by atoms with Gasteiger partial charge in [-0.15, -0.1) is 0 Å². The summed E-state index contributed by atoms with van der Waals surface area (Å²) in [6.45, 7) is 3.16. The van der Waals surface area contributed by atoms with Gasteiger partial charge in [-0.1, -0.05) is 6.92 Å². The van der Waals surface area contributed by atoms with Crippen LogP contribution in [-0.2, 0) is 4.79 Å². The lowest BCUT2D eigenvalue weighted by Gasteiger charge is -2.32. The quantitative estimate of drug-likeness (QED) is 0.429. The van der Waals surface area contributed by atoms with E-state index < -0.39 is 6.04 Å². The molecule has 1 saturated heterocycles. The van der Waals surface area contributed by atoms with Crippen molar-refractivity contribution in [3.8, 4) is 0 Å². The first-order valence-electron chi connectivity index (χ1n) is 4.91. The Labute approximate surface area is 83.5 Å². The van der Waals surface area contributed by atoms with Gasteiger partial charge in [0.25, 0.3) is 0 Å². The third kappa shape index (κ3) is 2.67. The summed E-state index contributed by atoms with van der Waals surface area (Å²) in [6, 6.07) is -0.530. The van der Waals surface area contributed by atoms with Crippen molar-refractivity contribution in [1.29, 1.82) is 0 Å². The molecule has 0 saturated carbocycles. The molecule has 1 aliphatic rings. The van der Waals surface area contributed by atoms with Gasteiger partial charge in [0, 0.05) is 5.92 Å². The number of rotatable bonds is 5. The molecule has 0 aromatic heterocycles. The number of hydrogen-bond acceptors (Lipinski definition) is 4. The van der Waals surface area contributed by atoms with Gasteiger partial charge in [0.1, 0.15) is 0 Å². The second kappa shape index (κ2) is 5.29. The topological polar surface area (TPSA) is 81.6 Å². The Morgan fingerprint density at radius 2 is 2.07 bits per heavy atom. The van der Waals surface area contributed by atoms with Gasteiger partial charge in [-0.2, -0.15) is 0 Å². The maximum atomic E-state index is 11.5. The van der Waals surface area contributed by atoms with Crippen LogP contribution in [0.4, 0.5) is 0 Å². The summed E-state index contributed by atoms with van der Waals surface area (Å²) in [5.41, 5.74) is 0. The molecule has 0 aromatic rings. The predicted molar refractivity (Wildman–Crippen MR) is 51.6 cm³/mol. The number of aliphatic hydroxyl groups excluding tert-OH is 2. The molecule has 1 unspecified atom stereocenters. The molecule has 82 valence electrons. The highest BCUT2D eigenvalue weighted by Crippen LogP contribution is 2.15. The van der Waals surface area contributed by atoms with Crippen LogP contribution >= 0.6 is 0 Å². The van der Waals surface area contributed by atoms with Crippen LogP contribution in [0.3, 0.4) is 0 Å². The first-order valence-corrected chi connectivity index (χ1v) is 4.91. The minimum atomic E-state index is -0.530. The molecule has 1 amide bonds. The molecule has 14 heavy (non-hydrogen) atoms. The van der Waals surface area contributed by atoms with E-state index in [0.29, 0.717) is 5.92 Å². The lowest BCUT2D eigenvalue weighted by molar-refractivity contribution is -0.128. The average molecular weight is 202 g/mol. The van der Waals surface area contributed by atoms with Gasteiger partial charge < -0.3 is 20.8 Å².